The first-order valence-electron chi connectivity index (χ1n) is 2.52. The van der Waals surface area contributed by atoms with Crippen LogP contribution in [0, 0.1) is 17.2 Å². The van der Waals surface area contributed by atoms with Crippen LogP contribution in [0.3, 0.4) is 0 Å². The van der Waals surface area contributed by atoms with E-state index in [0.29, 0.717) is 0 Å². The molecule has 0 radical (unpaired) electrons. The molecule has 9 heavy (non-hydrogen) atoms. The van der Waals surface area contributed by atoms with Crippen molar-refractivity contribution in [3.63, 3.8) is 0 Å². The number of hydrogen-bond acceptors (Lipinski definition) is 1. The Hall–Kier alpha value is -0.910. The minimum atomic E-state index is -0.963. The molecule has 0 saturated heterocycles. The summed E-state index contributed by atoms with van der Waals surface area (Å²) >= 11 is 0. The average molecular weight is 131 g/mol. The Bertz CT molecular complexity index is 136. The predicted molar refractivity (Wildman–Crippen MR) is 29.9 cm³/mol. The molecule has 50 valence electrons. The van der Waals surface area contributed by atoms with Crippen LogP contribution in [0.5, 0.6) is 0 Å². The van der Waals surface area contributed by atoms with Crippen molar-refractivity contribution < 1.29 is 8.78 Å². The quantitative estimate of drug-likeness (QED) is 0.574. The van der Waals surface area contributed by atoms with Crippen molar-refractivity contribution >= 4 is 0 Å². The van der Waals surface area contributed by atoms with E-state index in [-0.39, 0.29) is 6.42 Å². The maximum atomic E-state index is 12.0. The lowest BCUT2D eigenvalue weighted by atomic mass is 10.1. The summed E-state index contributed by atoms with van der Waals surface area (Å²) in [5.41, 5.74) is 0. The SMILES string of the molecule is C=C(F)C(C#N)CCF. The molecule has 0 aromatic carbocycles. The lowest BCUT2D eigenvalue weighted by Crippen LogP contribution is -1.97. The molecule has 0 bridgehead atoms. The lowest BCUT2D eigenvalue weighted by molar-refractivity contribution is 0.417. The van der Waals surface area contributed by atoms with Crippen LogP contribution in [0.1, 0.15) is 6.42 Å². The Morgan fingerprint density at radius 2 is 2.33 bits per heavy atom. The maximum Gasteiger partial charge on any atom is 0.110 e. The van der Waals surface area contributed by atoms with Crippen molar-refractivity contribution in [1.29, 1.82) is 5.26 Å². The highest BCUT2D eigenvalue weighted by Crippen LogP contribution is 2.12. The van der Waals surface area contributed by atoms with E-state index >= 15 is 0 Å². The molecular formula is C6H7F2N. The number of hydrogen-bond donors (Lipinski definition) is 0. The highest BCUT2D eigenvalue weighted by molar-refractivity contribution is 5.01. The summed E-state index contributed by atoms with van der Waals surface area (Å²) in [5.74, 6) is -1.72. The summed E-state index contributed by atoms with van der Waals surface area (Å²) in [7, 11) is 0. The van der Waals surface area contributed by atoms with E-state index in [0.717, 1.165) is 0 Å². The van der Waals surface area contributed by atoms with E-state index < -0.39 is 18.4 Å². The van der Waals surface area contributed by atoms with Gasteiger partial charge < -0.3 is 0 Å². The number of nitrogens with zero attached hydrogens (tertiary/aromatic N) is 1. The molecule has 0 aromatic heterocycles. The van der Waals surface area contributed by atoms with Crippen molar-refractivity contribution in [2.24, 2.45) is 5.92 Å². The van der Waals surface area contributed by atoms with Crippen molar-refractivity contribution in [2.45, 2.75) is 6.42 Å². The van der Waals surface area contributed by atoms with Gasteiger partial charge in [-0.3, -0.25) is 4.39 Å². The Morgan fingerprint density at radius 3 is 2.44 bits per heavy atom. The summed E-state index contributed by atoms with van der Waals surface area (Å²) < 4.78 is 23.4. The molecule has 0 N–H and O–H groups in total. The molecule has 3 heteroatoms. The second-order valence-electron chi connectivity index (χ2n) is 1.61. The first kappa shape index (κ1) is 8.09. The number of allylic oxidation sites excluding steroid dienone is 1. The molecule has 1 atom stereocenters. The normalized spacial score (nSPS) is 12.1. The largest absolute Gasteiger partial charge is 0.251 e. The van der Waals surface area contributed by atoms with Gasteiger partial charge >= 0.3 is 0 Å². The standard InChI is InChI=1S/C6H7F2N/c1-5(8)6(4-9)2-3-7/h6H,1-3H2. The van der Waals surface area contributed by atoms with Crippen LogP contribution in [-0.2, 0) is 0 Å². The number of nitriles is 1. The van der Waals surface area contributed by atoms with E-state index in [1.165, 1.54) is 0 Å². The zero-order chi connectivity index (χ0) is 7.28. The third kappa shape index (κ3) is 2.81. The van der Waals surface area contributed by atoms with E-state index in [1.807, 2.05) is 0 Å². The third-order valence-corrected chi connectivity index (χ3v) is 0.932. The third-order valence-electron chi connectivity index (χ3n) is 0.932. The van der Waals surface area contributed by atoms with Gasteiger partial charge in [-0.05, 0) is 6.42 Å². The fraction of sp³-hybridized carbons (Fsp3) is 0.500. The molecule has 0 fully saturated rings. The van der Waals surface area contributed by atoms with Crippen LogP contribution in [0.15, 0.2) is 12.4 Å². The molecule has 0 aliphatic carbocycles. The first-order chi connectivity index (χ1) is 4.22. The molecular weight excluding hydrogens is 124 g/mol. The number of rotatable bonds is 3. The Labute approximate surface area is 52.6 Å². The molecule has 0 aliphatic heterocycles. The summed E-state index contributed by atoms with van der Waals surface area (Å²) in [6, 6.07) is 1.59. The Morgan fingerprint density at radius 1 is 1.78 bits per heavy atom. The second kappa shape index (κ2) is 4.02. The monoisotopic (exact) mass is 131 g/mol. The molecule has 1 nitrogen and oxygen atoms in total. The van der Waals surface area contributed by atoms with E-state index in [4.69, 9.17) is 5.26 Å². The van der Waals surface area contributed by atoms with Gasteiger partial charge in [0.15, 0.2) is 0 Å². The zero-order valence-corrected chi connectivity index (χ0v) is 4.90. The van der Waals surface area contributed by atoms with Crippen molar-refractivity contribution in [3.8, 4) is 6.07 Å². The molecule has 0 aromatic rings. The van der Waals surface area contributed by atoms with Gasteiger partial charge in [0.05, 0.1) is 18.7 Å². The van der Waals surface area contributed by atoms with Crippen molar-refractivity contribution in [3.05, 3.63) is 12.4 Å². The summed E-state index contributed by atoms with van der Waals surface area (Å²) in [5, 5.41) is 8.11. The van der Waals surface area contributed by atoms with Gasteiger partial charge in [0.2, 0.25) is 0 Å². The van der Waals surface area contributed by atoms with E-state index in [1.54, 1.807) is 6.07 Å². The molecule has 1 unspecified atom stereocenters. The average Bonchev–Trinajstić information content (AvgIpc) is 1.82. The molecule has 0 heterocycles. The second-order valence-corrected chi connectivity index (χ2v) is 1.61. The fourth-order valence-electron chi connectivity index (χ4n) is 0.400. The van der Waals surface area contributed by atoms with Crippen LogP contribution < -0.4 is 0 Å². The summed E-state index contributed by atoms with van der Waals surface area (Å²) in [6.45, 7) is 2.21. The lowest BCUT2D eigenvalue weighted by Gasteiger charge is -1.98. The summed E-state index contributed by atoms with van der Waals surface area (Å²) in [6.07, 6.45) is -0.0914. The number of halogens is 2. The molecule has 0 aliphatic rings. The molecule has 0 spiro atoms. The number of alkyl halides is 1. The van der Waals surface area contributed by atoms with Crippen molar-refractivity contribution in [2.75, 3.05) is 6.67 Å². The maximum absolute atomic E-state index is 12.0. The Balaban J connectivity index is 3.72. The van der Waals surface area contributed by atoms with Gasteiger partial charge in [0.1, 0.15) is 5.83 Å². The molecule has 0 rings (SSSR count). The predicted octanol–water partition coefficient (Wildman–Crippen LogP) is 1.97. The Kier molecular flexibility index (Phi) is 3.61. The smallest absolute Gasteiger partial charge is 0.110 e. The van der Waals surface area contributed by atoms with Gasteiger partial charge in [-0.2, -0.15) is 5.26 Å². The van der Waals surface area contributed by atoms with E-state index in [9.17, 15) is 8.78 Å². The summed E-state index contributed by atoms with van der Waals surface area (Å²) in [4.78, 5) is 0. The minimum absolute atomic E-state index is 0.0914. The van der Waals surface area contributed by atoms with Crippen LogP contribution in [0.25, 0.3) is 0 Å². The van der Waals surface area contributed by atoms with Gasteiger partial charge in [0, 0.05) is 0 Å². The topological polar surface area (TPSA) is 23.8 Å². The zero-order valence-electron chi connectivity index (χ0n) is 4.90. The van der Waals surface area contributed by atoms with E-state index in [2.05, 4.69) is 6.58 Å². The van der Waals surface area contributed by atoms with Crippen molar-refractivity contribution in [1.82, 2.24) is 0 Å². The highest BCUT2D eigenvalue weighted by atomic mass is 19.1. The van der Waals surface area contributed by atoms with Gasteiger partial charge in [-0.1, -0.05) is 6.58 Å². The first-order valence-corrected chi connectivity index (χ1v) is 2.52. The van der Waals surface area contributed by atoms with Crippen LogP contribution in [-0.4, -0.2) is 6.67 Å². The fourth-order valence-corrected chi connectivity index (χ4v) is 0.400. The van der Waals surface area contributed by atoms with Crippen LogP contribution >= 0.6 is 0 Å². The van der Waals surface area contributed by atoms with Gasteiger partial charge in [-0.15, -0.1) is 0 Å². The van der Waals surface area contributed by atoms with Crippen LogP contribution in [0.2, 0.25) is 0 Å². The molecule has 0 saturated carbocycles. The van der Waals surface area contributed by atoms with Gasteiger partial charge in [0.25, 0.3) is 0 Å². The highest BCUT2D eigenvalue weighted by Gasteiger charge is 2.09. The van der Waals surface area contributed by atoms with Crippen LogP contribution in [0.4, 0.5) is 8.78 Å². The molecule has 0 amide bonds. The minimum Gasteiger partial charge on any atom is -0.251 e. The van der Waals surface area contributed by atoms with Gasteiger partial charge in [-0.25, -0.2) is 4.39 Å².